The van der Waals surface area contributed by atoms with Crippen LogP contribution in [0.4, 0.5) is 0 Å². The minimum absolute atomic E-state index is 0.395. The summed E-state index contributed by atoms with van der Waals surface area (Å²) in [6.07, 6.45) is 3.37. The van der Waals surface area contributed by atoms with Crippen LogP contribution in [0.5, 0.6) is 5.75 Å². The Morgan fingerprint density at radius 2 is 1.35 bits per heavy atom. The third-order valence-corrected chi connectivity index (χ3v) is 8.03. The molecule has 0 aliphatic rings. The maximum atomic E-state index is 12.9. The smallest absolute Gasteiger partial charge is 0.183 e. The zero-order valence-electron chi connectivity index (χ0n) is 16.3. The van der Waals surface area contributed by atoms with E-state index in [1.807, 2.05) is 57.2 Å². The molecule has 26 heavy (non-hydrogen) atoms. The molecule has 0 amide bonds. The maximum Gasteiger partial charge on any atom is 0.183 e. The SMILES string of the molecule is CCCCOc1ccc(-c2ccc(S(=O)(=O)C(C)(CC)CC)cc2)cc1. The third kappa shape index (κ3) is 4.29. The molecule has 0 aliphatic heterocycles. The molecule has 0 radical (unpaired) electrons. The monoisotopic (exact) mass is 374 g/mol. The molecule has 142 valence electrons. The van der Waals surface area contributed by atoms with Gasteiger partial charge in [0.25, 0.3) is 0 Å². The summed E-state index contributed by atoms with van der Waals surface area (Å²) in [5.74, 6) is 0.864. The Morgan fingerprint density at radius 1 is 0.846 bits per heavy atom. The summed E-state index contributed by atoms with van der Waals surface area (Å²) < 4.78 is 30.8. The van der Waals surface area contributed by atoms with Crippen LogP contribution in [-0.2, 0) is 9.84 Å². The van der Waals surface area contributed by atoms with Gasteiger partial charge in [0.05, 0.1) is 16.2 Å². The maximum absolute atomic E-state index is 12.9. The van der Waals surface area contributed by atoms with Crippen LogP contribution in [0.3, 0.4) is 0 Å². The zero-order valence-corrected chi connectivity index (χ0v) is 17.1. The summed E-state index contributed by atoms with van der Waals surface area (Å²) in [6.45, 7) is 8.56. The van der Waals surface area contributed by atoms with Crippen molar-refractivity contribution in [1.29, 1.82) is 0 Å². The van der Waals surface area contributed by atoms with Gasteiger partial charge in [-0.3, -0.25) is 0 Å². The topological polar surface area (TPSA) is 43.4 Å². The van der Waals surface area contributed by atoms with Crippen LogP contribution in [0, 0.1) is 0 Å². The standard InChI is InChI=1S/C22H30O3S/c1-5-8-17-25-20-13-9-18(10-14-20)19-11-15-21(16-12-19)26(23,24)22(4,6-2)7-3/h9-16H,5-8,17H2,1-4H3. The van der Waals surface area contributed by atoms with Crippen LogP contribution in [0.2, 0.25) is 0 Å². The summed E-state index contributed by atoms with van der Waals surface area (Å²) in [4.78, 5) is 0.395. The van der Waals surface area contributed by atoms with Gasteiger partial charge in [-0.15, -0.1) is 0 Å². The van der Waals surface area contributed by atoms with Crippen LogP contribution in [0.1, 0.15) is 53.4 Å². The lowest BCUT2D eigenvalue weighted by Gasteiger charge is -2.26. The first-order valence-corrected chi connectivity index (χ1v) is 10.9. The van der Waals surface area contributed by atoms with Crippen molar-refractivity contribution >= 4 is 9.84 Å². The van der Waals surface area contributed by atoms with E-state index in [4.69, 9.17) is 4.74 Å². The summed E-state index contributed by atoms with van der Waals surface area (Å²) in [6, 6.07) is 15.1. The van der Waals surface area contributed by atoms with Gasteiger partial charge in [0.15, 0.2) is 9.84 Å². The molecule has 0 bridgehead atoms. The lowest BCUT2D eigenvalue weighted by molar-refractivity contribution is 0.309. The molecule has 0 saturated heterocycles. The summed E-state index contributed by atoms with van der Waals surface area (Å²) >= 11 is 0. The van der Waals surface area contributed by atoms with Crippen LogP contribution in [0.25, 0.3) is 11.1 Å². The minimum atomic E-state index is -3.34. The summed E-state index contributed by atoms with van der Waals surface area (Å²) in [5, 5.41) is 0. The molecule has 0 aliphatic carbocycles. The molecule has 2 aromatic rings. The second-order valence-electron chi connectivity index (χ2n) is 6.91. The lowest BCUT2D eigenvalue weighted by atomic mass is 10.1. The Hall–Kier alpha value is -1.81. The molecule has 0 atom stereocenters. The van der Waals surface area contributed by atoms with Gasteiger partial charge in [-0.2, -0.15) is 0 Å². The molecule has 0 aromatic heterocycles. The zero-order chi connectivity index (χ0) is 19.2. The average Bonchev–Trinajstić information content (AvgIpc) is 2.68. The van der Waals surface area contributed by atoms with Gasteiger partial charge >= 0.3 is 0 Å². The summed E-state index contributed by atoms with van der Waals surface area (Å²) in [7, 11) is -3.34. The van der Waals surface area contributed by atoms with E-state index in [1.54, 1.807) is 12.1 Å². The quantitative estimate of drug-likeness (QED) is 0.514. The van der Waals surface area contributed by atoms with Crippen molar-refractivity contribution in [1.82, 2.24) is 0 Å². The Morgan fingerprint density at radius 3 is 1.81 bits per heavy atom. The molecule has 0 heterocycles. The second kappa shape index (κ2) is 8.72. The van der Waals surface area contributed by atoms with Crippen molar-refractivity contribution in [2.24, 2.45) is 0 Å². The van der Waals surface area contributed by atoms with Gasteiger partial charge in [0.1, 0.15) is 5.75 Å². The van der Waals surface area contributed by atoms with Crippen molar-refractivity contribution in [3.8, 4) is 16.9 Å². The van der Waals surface area contributed by atoms with Crippen LogP contribution >= 0.6 is 0 Å². The molecule has 0 unspecified atom stereocenters. The normalized spacial score (nSPS) is 12.2. The highest BCUT2D eigenvalue weighted by Crippen LogP contribution is 2.32. The molecule has 2 aromatic carbocycles. The number of hydrogen-bond donors (Lipinski definition) is 0. The predicted octanol–water partition coefficient (Wildman–Crippen LogP) is 5.88. The van der Waals surface area contributed by atoms with E-state index in [-0.39, 0.29) is 0 Å². The van der Waals surface area contributed by atoms with Gasteiger partial charge in [-0.05, 0) is 61.6 Å². The van der Waals surface area contributed by atoms with Crippen molar-refractivity contribution in [3.63, 3.8) is 0 Å². The van der Waals surface area contributed by atoms with E-state index >= 15 is 0 Å². The first-order valence-electron chi connectivity index (χ1n) is 9.46. The average molecular weight is 375 g/mol. The van der Waals surface area contributed by atoms with Crippen molar-refractivity contribution in [3.05, 3.63) is 48.5 Å². The van der Waals surface area contributed by atoms with Crippen LogP contribution in [-0.4, -0.2) is 19.8 Å². The van der Waals surface area contributed by atoms with Crippen molar-refractivity contribution < 1.29 is 13.2 Å². The molecular weight excluding hydrogens is 344 g/mol. The largest absolute Gasteiger partial charge is 0.494 e. The fourth-order valence-electron chi connectivity index (χ4n) is 2.82. The Bertz CT molecular complexity index is 786. The number of sulfone groups is 1. The number of unbranched alkanes of at least 4 members (excludes halogenated alkanes) is 1. The second-order valence-corrected chi connectivity index (χ2v) is 9.38. The van der Waals surface area contributed by atoms with E-state index in [2.05, 4.69) is 6.92 Å². The first kappa shape index (κ1) is 20.5. The highest BCUT2D eigenvalue weighted by atomic mass is 32.2. The molecule has 4 heteroatoms. The summed E-state index contributed by atoms with van der Waals surface area (Å²) in [5.41, 5.74) is 2.05. The van der Waals surface area contributed by atoms with Gasteiger partial charge in [-0.1, -0.05) is 51.5 Å². The highest BCUT2D eigenvalue weighted by Gasteiger charge is 2.36. The van der Waals surface area contributed by atoms with Gasteiger partial charge < -0.3 is 4.74 Å². The minimum Gasteiger partial charge on any atom is -0.494 e. The van der Waals surface area contributed by atoms with Gasteiger partial charge in [0.2, 0.25) is 0 Å². The van der Waals surface area contributed by atoms with Gasteiger partial charge in [-0.25, -0.2) is 8.42 Å². The fourth-order valence-corrected chi connectivity index (χ4v) is 4.64. The Balaban J connectivity index is 2.19. The Kier molecular flexibility index (Phi) is 6.87. The number of benzene rings is 2. The lowest BCUT2D eigenvalue weighted by Crippen LogP contribution is -2.33. The molecule has 0 saturated carbocycles. The first-order chi connectivity index (χ1) is 12.4. The van der Waals surface area contributed by atoms with Crippen molar-refractivity contribution in [2.75, 3.05) is 6.61 Å². The van der Waals surface area contributed by atoms with E-state index in [0.717, 1.165) is 36.3 Å². The Labute approximate surface area is 158 Å². The highest BCUT2D eigenvalue weighted by molar-refractivity contribution is 7.92. The molecule has 3 nitrogen and oxygen atoms in total. The number of hydrogen-bond acceptors (Lipinski definition) is 3. The fraction of sp³-hybridized carbons (Fsp3) is 0.455. The van der Waals surface area contributed by atoms with Crippen LogP contribution < -0.4 is 4.74 Å². The van der Waals surface area contributed by atoms with E-state index in [9.17, 15) is 8.42 Å². The predicted molar refractivity (Wildman–Crippen MR) is 108 cm³/mol. The molecular formula is C22H30O3S. The van der Waals surface area contributed by atoms with E-state index < -0.39 is 14.6 Å². The molecule has 0 N–H and O–H groups in total. The third-order valence-electron chi connectivity index (χ3n) is 5.26. The molecule has 0 fully saturated rings. The molecule has 0 spiro atoms. The van der Waals surface area contributed by atoms with E-state index in [1.165, 1.54) is 0 Å². The van der Waals surface area contributed by atoms with Crippen LogP contribution in [0.15, 0.2) is 53.4 Å². The number of rotatable bonds is 9. The van der Waals surface area contributed by atoms with Crippen molar-refractivity contribution in [2.45, 2.75) is 63.0 Å². The van der Waals surface area contributed by atoms with Gasteiger partial charge in [0, 0.05) is 0 Å². The van der Waals surface area contributed by atoms with E-state index in [0.29, 0.717) is 17.7 Å². The molecule has 2 rings (SSSR count). The number of ether oxygens (including phenoxy) is 1.